The second-order valence-corrected chi connectivity index (χ2v) is 3.86. The van der Waals surface area contributed by atoms with Gasteiger partial charge in [0, 0.05) is 17.1 Å². The van der Waals surface area contributed by atoms with Crippen molar-refractivity contribution in [3.63, 3.8) is 0 Å². The van der Waals surface area contributed by atoms with Gasteiger partial charge in [-0.15, -0.1) is 11.8 Å². The van der Waals surface area contributed by atoms with Crippen molar-refractivity contribution in [1.29, 1.82) is 0 Å². The lowest BCUT2D eigenvalue weighted by Crippen LogP contribution is -2.24. The monoisotopic (exact) mass is 210 g/mol. The maximum absolute atomic E-state index is 11.1. The molecule has 3 N–H and O–H groups in total. The molecule has 1 aromatic carbocycles. The Bertz CT molecular complexity index is 315. The first-order chi connectivity index (χ1) is 6.72. The van der Waals surface area contributed by atoms with Crippen molar-refractivity contribution in [2.45, 2.75) is 11.8 Å². The Morgan fingerprint density at radius 3 is 3.00 bits per heavy atom. The van der Waals surface area contributed by atoms with Gasteiger partial charge in [-0.2, -0.15) is 0 Å². The third kappa shape index (κ3) is 3.70. The Hall–Kier alpha value is -1.16. The molecule has 0 saturated carbocycles. The normalized spacial score (nSPS) is 9.79. The number of benzene rings is 1. The summed E-state index contributed by atoms with van der Waals surface area (Å²) in [5, 5.41) is 2.74. The van der Waals surface area contributed by atoms with E-state index in [4.69, 9.17) is 5.73 Å². The second kappa shape index (κ2) is 5.54. The molecule has 0 saturated heterocycles. The summed E-state index contributed by atoms with van der Waals surface area (Å²) in [4.78, 5) is 12.2. The molecule has 0 heterocycles. The number of nitrogens with one attached hydrogen (secondary N) is 1. The average Bonchev–Trinajstić information content (AvgIpc) is 2.15. The minimum Gasteiger partial charge on any atom is -0.399 e. The van der Waals surface area contributed by atoms with Crippen molar-refractivity contribution in [1.82, 2.24) is 5.32 Å². The zero-order valence-electron chi connectivity index (χ0n) is 8.12. The zero-order valence-corrected chi connectivity index (χ0v) is 8.93. The molecule has 4 heteroatoms. The number of carbonyl (C=O) groups excluding carboxylic acids is 1. The number of hydrogen-bond acceptors (Lipinski definition) is 3. The van der Waals surface area contributed by atoms with Crippen LogP contribution in [-0.4, -0.2) is 18.2 Å². The molecule has 1 aromatic rings. The van der Waals surface area contributed by atoms with Crippen LogP contribution in [0.5, 0.6) is 0 Å². The van der Waals surface area contributed by atoms with Gasteiger partial charge in [0.25, 0.3) is 0 Å². The summed E-state index contributed by atoms with van der Waals surface area (Å²) in [5.41, 5.74) is 6.34. The van der Waals surface area contributed by atoms with Crippen LogP contribution in [0.2, 0.25) is 0 Å². The highest BCUT2D eigenvalue weighted by atomic mass is 32.2. The van der Waals surface area contributed by atoms with Crippen LogP contribution in [0.1, 0.15) is 6.92 Å². The van der Waals surface area contributed by atoms with Crippen LogP contribution < -0.4 is 11.1 Å². The summed E-state index contributed by atoms with van der Waals surface area (Å²) in [6, 6.07) is 7.52. The summed E-state index contributed by atoms with van der Waals surface area (Å²) in [5.74, 6) is 0.497. The van der Waals surface area contributed by atoms with Gasteiger partial charge in [0.15, 0.2) is 0 Å². The van der Waals surface area contributed by atoms with Gasteiger partial charge in [0.1, 0.15) is 0 Å². The number of nitrogens with two attached hydrogens (primary N) is 1. The molecule has 0 bridgehead atoms. The molecule has 14 heavy (non-hydrogen) atoms. The summed E-state index contributed by atoms with van der Waals surface area (Å²) in [6.07, 6.45) is 0. The van der Waals surface area contributed by atoms with E-state index in [2.05, 4.69) is 5.32 Å². The van der Waals surface area contributed by atoms with E-state index in [1.165, 1.54) is 11.8 Å². The Labute approximate surface area is 88.1 Å². The molecule has 0 atom stereocenters. The second-order valence-electron chi connectivity index (χ2n) is 2.81. The molecule has 0 aliphatic rings. The van der Waals surface area contributed by atoms with E-state index in [-0.39, 0.29) is 5.91 Å². The average molecular weight is 210 g/mol. The van der Waals surface area contributed by atoms with E-state index in [0.29, 0.717) is 12.3 Å². The quantitative estimate of drug-likeness (QED) is 0.585. The first kappa shape index (κ1) is 10.9. The van der Waals surface area contributed by atoms with Gasteiger partial charge in [0.05, 0.1) is 5.75 Å². The van der Waals surface area contributed by atoms with Gasteiger partial charge in [0.2, 0.25) is 5.91 Å². The summed E-state index contributed by atoms with van der Waals surface area (Å²) < 4.78 is 0. The molecule has 76 valence electrons. The SMILES string of the molecule is CCNC(=O)CSc1cccc(N)c1. The highest BCUT2D eigenvalue weighted by Crippen LogP contribution is 2.19. The Balaban J connectivity index is 2.41. The molecule has 1 amide bonds. The topological polar surface area (TPSA) is 55.1 Å². The highest BCUT2D eigenvalue weighted by Gasteiger charge is 2.00. The lowest BCUT2D eigenvalue weighted by molar-refractivity contribution is -0.118. The molecule has 0 aliphatic heterocycles. The summed E-state index contributed by atoms with van der Waals surface area (Å²) in [7, 11) is 0. The molecule has 0 spiro atoms. The van der Waals surface area contributed by atoms with Gasteiger partial charge in [-0.25, -0.2) is 0 Å². The van der Waals surface area contributed by atoms with Crippen LogP contribution in [0.25, 0.3) is 0 Å². The number of anilines is 1. The standard InChI is InChI=1S/C10H14N2OS/c1-2-12-10(13)7-14-9-5-3-4-8(11)6-9/h3-6H,2,7,11H2,1H3,(H,12,13). The van der Waals surface area contributed by atoms with E-state index in [0.717, 1.165) is 10.6 Å². The van der Waals surface area contributed by atoms with Crippen molar-refractivity contribution in [3.05, 3.63) is 24.3 Å². The van der Waals surface area contributed by atoms with E-state index in [9.17, 15) is 4.79 Å². The fourth-order valence-electron chi connectivity index (χ4n) is 1.00. The van der Waals surface area contributed by atoms with Crippen molar-refractivity contribution in [3.8, 4) is 0 Å². The molecule has 0 fully saturated rings. The molecule has 0 radical (unpaired) electrons. The Morgan fingerprint density at radius 2 is 2.36 bits per heavy atom. The van der Waals surface area contributed by atoms with Crippen molar-refractivity contribution < 1.29 is 4.79 Å². The van der Waals surface area contributed by atoms with E-state index < -0.39 is 0 Å². The van der Waals surface area contributed by atoms with E-state index in [1.54, 1.807) is 0 Å². The third-order valence-electron chi connectivity index (χ3n) is 1.60. The molecule has 3 nitrogen and oxygen atoms in total. The molecule has 0 aromatic heterocycles. The minimum absolute atomic E-state index is 0.0555. The smallest absolute Gasteiger partial charge is 0.230 e. The maximum atomic E-state index is 11.1. The minimum atomic E-state index is 0.0555. The number of thioether (sulfide) groups is 1. The lowest BCUT2D eigenvalue weighted by atomic mass is 10.3. The van der Waals surface area contributed by atoms with Crippen LogP contribution in [0.4, 0.5) is 5.69 Å². The third-order valence-corrected chi connectivity index (χ3v) is 2.60. The van der Waals surface area contributed by atoms with Gasteiger partial charge >= 0.3 is 0 Å². The van der Waals surface area contributed by atoms with Crippen molar-refractivity contribution >= 4 is 23.4 Å². The number of rotatable bonds is 4. The fraction of sp³-hybridized carbons (Fsp3) is 0.300. The van der Waals surface area contributed by atoms with E-state index in [1.807, 2.05) is 31.2 Å². The predicted octanol–water partition coefficient (Wildman–Crippen LogP) is 1.50. The number of carbonyl (C=O) groups is 1. The Morgan fingerprint density at radius 1 is 1.57 bits per heavy atom. The number of amides is 1. The van der Waals surface area contributed by atoms with Crippen LogP contribution >= 0.6 is 11.8 Å². The van der Waals surface area contributed by atoms with Crippen molar-refractivity contribution in [2.24, 2.45) is 0 Å². The van der Waals surface area contributed by atoms with Gasteiger partial charge in [-0.05, 0) is 25.1 Å². The van der Waals surface area contributed by atoms with Crippen LogP contribution in [0.3, 0.4) is 0 Å². The van der Waals surface area contributed by atoms with Gasteiger partial charge in [-0.3, -0.25) is 4.79 Å². The molecular formula is C10H14N2OS. The summed E-state index contributed by atoms with van der Waals surface area (Å²) in [6.45, 7) is 2.58. The summed E-state index contributed by atoms with van der Waals surface area (Å²) >= 11 is 1.49. The first-order valence-corrected chi connectivity index (χ1v) is 5.46. The Kier molecular flexibility index (Phi) is 4.32. The lowest BCUT2D eigenvalue weighted by Gasteiger charge is -2.02. The number of hydrogen-bond donors (Lipinski definition) is 2. The maximum Gasteiger partial charge on any atom is 0.230 e. The molecular weight excluding hydrogens is 196 g/mol. The van der Waals surface area contributed by atoms with Crippen molar-refractivity contribution in [2.75, 3.05) is 18.0 Å². The van der Waals surface area contributed by atoms with Crippen LogP contribution in [-0.2, 0) is 4.79 Å². The van der Waals surface area contributed by atoms with Crippen LogP contribution in [0, 0.1) is 0 Å². The number of nitrogen functional groups attached to an aromatic ring is 1. The van der Waals surface area contributed by atoms with Crippen LogP contribution in [0.15, 0.2) is 29.2 Å². The largest absolute Gasteiger partial charge is 0.399 e. The molecule has 0 aliphatic carbocycles. The zero-order chi connectivity index (χ0) is 10.4. The highest BCUT2D eigenvalue weighted by molar-refractivity contribution is 8.00. The first-order valence-electron chi connectivity index (χ1n) is 4.47. The predicted molar refractivity (Wildman–Crippen MR) is 60.3 cm³/mol. The van der Waals surface area contributed by atoms with E-state index >= 15 is 0 Å². The van der Waals surface area contributed by atoms with Gasteiger partial charge < -0.3 is 11.1 Å². The molecule has 1 rings (SSSR count). The fourth-order valence-corrected chi connectivity index (χ4v) is 1.80. The van der Waals surface area contributed by atoms with Gasteiger partial charge in [-0.1, -0.05) is 6.07 Å². The molecule has 0 unspecified atom stereocenters.